The third-order valence-electron chi connectivity index (χ3n) is 2.12. The van der Waals surface area contributed by atoms with Crippen LogP contribution >= 0.6 is 27.3 Å². The third kappa shape index (κ3) is 2.30. The van der Waals surface area contributed by atoms with Crippen LogP contribution in [0, 0.1) is 0 Å². The molecule has 0 aliphatic carbocycles. The molecule has 2 heterocycles. The van der Waals surface area contributed by atoms with Gasteiger partial charge in [0, 0.05) is 28.7 Å². The Balaban J connectivity index is 2.42. The minimum absolute atomic E-state index is 0.658. The summed E-state index contributed by atoms with van der Waals surface area (Å²) >= 11 is 5.14. The van der Waals surface area contributed by atoms with E-state index in [1.165, 1.54) is 10.4 Å². The molecule has 0 atom stereocenters. The van der Waals surface area contributed by atoms with E-state index in [2.05, 4.69) is 32.5 Å². The van der Waals surface area contributed by atoms with Crippen LogP contribution in [0.25, 0.3) is 10.6 Å². The fraction of sp³-hybridized carbons (Fsp3) is 0.300. The molecule has 2 N–H and O–H groups in total. The molecular formula is C10H12BrN3S. The predicted octanol–water partition coefficient (Wildman–Crippen LogP) is 2.41. The second-order valence-corrected chi connectivity index (χ2v) is 5.17. The normalized spacial score (nSPS) is 10.9. The lowest BCUT2D eigenvalue weighted by molar-refractivity contribution is 0.770. The van der Waals surface area contributed by atoms with E-state index in [4.69, 9.17) is 5.73 Å². The maximum absolute atomic E-state index is 5.58. The van der Waals surface area contributed by atoms with E-state index in [0.29, 0.717) is 6.54 Å². The van der Waals surface area contributed by atoms with Gasteiger partial charge < -0.3 is 5.73 Å². The van der Waals surface area contributed by atoms with Crippen molar-refractivity contribution in [2.75, 3.05) is 6.54 Å². The van der Waals surface area contributed by atoms with Crippen LogP contribution in [0.15, 0.2) is 22.1 Å². The molecule has 80 valence electrons. The van der Waals surface area contributed by atoms with E-state index in [1.807, 2.05) is 17.9 Å². The fourth-order valence-corrected chi connectivity index (χ4v) is 2.97. The lowest BCUT2D eigenvalue weighted by atomic mass is 10.1. The van der Waals surface area contributed by atoms with Crippen molar-refractivity contribution in [3.63, 3.8) is 0 Å². The van der Waals surface area contributed by atoms with Gasteiger partial charge in [-0.25, -0.2) is 0 Å². The molecule has 0 aliphatic heterocycles. The Morgan fingerprint density at radius 2 is 2.40 bits per heavy atom. The van der Waals surface area contributed by atoms with Gasteiger partial charge in [0.1, 0.15) is 5.69 Å². The molecule has 2 rings (SSSR count). The maximum Gasteiger partial charge on any atom is 0.105 e. The first-order valence-electron chi connectivity index (χ1n) is 4.67. The van der Waals surface area contributed by atoms with Crippen molar-refractivity contribution in [3.05, 3.63) is 27.7 Å². The summed E-state index contributed by atoms with van der Waals surface area (Å²) in [6, 6.07) is 2.09. The second kappa shape index (κ2) is 4.47. The van der Waals surface area contributed by atoms with Crippen molar-refractivity contribution in [2.24, 2.45) is 12.8 Å². The van der Waals surface area contributed by atoms with Crippen LogP contribution in [0.5, 0.6) is 0 Å². The van der Waals surface area contributed by atoms with Gasteiger partial charge in [0.25, 0.3) is 0 Å². The van der Waals surface area contributed by atoms with Gasteiger partial charge in [-0.3, -0.25) is 4.68 Å². The first-order chi connectivity index (χ1) is 7.20. The summed E-state index contributed by atoms with van der Waals surface area (Å²) in [5.74, 6) is 0. The van der Waals surface area contributed by atoms with Gasteiger partial charge in [-0.2, -0.15) is 5.10 Å². The number of nitrogens with zero attached hydrogens (tertiary/aromatic N) is 2. The zero-order chi connectivity index (χ0) is 10.8. The second-order valence-electron chi connectivity index (χ2n) is 3.34. The van der Waals surface area contributed by atoms with Crippen LogP contribution in [0.2, 0.25) is 0 Å². The topological polar surface area (TPSA) is 43.8 Å². The number of hydrogen-bond acceptors (Lipinski definition) is 3. The van der Waals surface area contributed by atoms with E-state index in [1.54, 1.807) is 11.3 Å². The van der Waals surface area contributed by atoms with E-state index in [-0.39, 0.29) is 0 Å². The zero-order valence-corrected chi connectivity index (χ0v) is 10.8. The number of rotatable bonds is 3. The Kier molecular flexibility index (Phi) is 3.23. The van der Waals surface area contributed by atoms with Crippen LogP contribution in [-0.2, 0) is 13.5 Å². The summed E-state index contributed by atoms with van der Waals surface area (Å²) < 4.78 is 2.94. The molecular weight excluding hydrogens is 274 g/mol. The Morgan fingerprint density at radius 1 is 1.60 bits per heavy atom. The molecule has 0 aromatic carbocycles. The maximum atomic E-state index is 5.58. The number of thiophene rings is 1. The summed E-state index contributed by atoms with van der Waals surface area (Å²) in [6.45, 7) is 0.658. The van der Waals surface area contributed by atoms with Gasteiger partial charge >= 0.3 is 0 Å². The van der Waals surface area contributed by atoms with E-state index < -0.39 is 0 Å². The third-order valence-corrected chi connectivity index (χ3v) is 3.82. The quantitative estimate of drug-likeness (QED) is 0.941. The molecule has 0 spiro atoms. The molecule has 0 fully saturated rings. The lowest BCUT2D eigenvalue weighted by Crippen LogP contribution is -2.02. The van der Waals surface area contributed by atoms with Crippen molar-refractivity contribution >= 4 is 27.3 Å². The lowest BCUT2D eigenvalue weighted by Gasteiger charge is -1.96. The minimum Gasteiger partial charge on any atom is -0.330 e. The molecule has 5 heteroatoms. The fourth-order valence-electron chi connectivity index (χ4n) is 1.52. The van der Waals surface area contributed by atoms with Crippen LogP contribution in [-0.4, -0.2) is 16.3 Å². The first-order valence-corrected chi connectivity index (χ1v) is 6.35. The summed E-state index contributed by atoms with van der Waals surface area (Å²) in [5.41, 5.74) is 7.85. The first kappa shape index (κ1) is 10.9. The highest BCUT2D eigenvalue weighted by Crippen LogP contribution is 2.31. The molecule has 0 saturated carbocycles. The average Bonchev–Trinajstić information content (AvgIpc) is 2.73. The van der Waals surface area contributed by atoms with Crippen LogP contribution in [0.4, 0.5) is 0 Å². The summed E-state index contributed by atoms with van der Waals surface area (Å²) in [6.07, 6.45) is 2.91. The van der Waals surface area contributed by atoms with Gasteiger partial charge in [-0.15, -0.1) is 11.3 Å². The summed E-state index contributed by atoms with van der Waals surface area (Å²) in [4.78, 5) is 1.19. The summed E-state index contributed by atoms with van der Waals surface area (Å²) in [7, 11) is 1.94. The standard InChI is InChI=1S/C10H12BrN3S/c1-14-5-7(2-3-12)10(13-14)9-4-8(11)6-15-9/h4-6H,2-3,12H2,1H3. The molecule has 0 aliphatic rings. The zero-order valence-electron chi connectivity index (χ0n) is 8.40. The smallest absolute Gasteiger partial charge is 0.105 e. The number of aryl methyl sites for hydroxylation is 1. The van der Waals surface area contributed by atoms with Crippen molar-refractivity contribution in [3.8, 4) is 10.6 Å². The van der Waals surface area contributed by atoms with Crippen molar-refractivity contribution in [2.45, 2.75) is 6.42 Å². The van der Waals surface area contributed by atoms with E-state index in [0.717, 1.165) is 16.6 Å². The SMILES string of the molecule is Cn1cc(CCN)c(-c2cc(Br)cs2)n1. The molecule has 0 saturated heterocycles. The molecule has 0 radical (unpaired) electrons. The number of hydrogen-bond donors (Lipinski definition) is 1. The highest BCUT2D eigenvalue weighted by atomic mass is 79.9. The molecule has 0 amide bonds. The van der Waals surface area contributed by atoms with Crippen molar-refractivity contribution in [1.82, 2.24) is 9.78 Å². The largest absolute Gasteiger partial charge is 0.330 e. The molecule has 3 nitrogen and oxygen atoms in total. The highest BCUT2D eigenvalue weighted by Gasteiger charge is 2.11. The summed E-state index contributed by atoms with van der Waals surface area (Å²) in [5, 5.41) is 6.53. The minimum atomic E-state index is 0.658. The van der Waals surface area contributed by atoms with Crippen molar-refractivity contribution in [1.29, 1.82) is 0 Å². The van der Waals surface area contributed by atoms with E-state index >= 15 is 0 Å². The Morgan fingerprint density at radius 3 is 3.00 bits per heavy atom. The van der Waals surface area contributed by atoms with Gasteiger partial charge in [-0.1, -0.05) is 0 Å². The van der Waals surface area contributed by atoms with Crippen LogP contribution < -0.4 is 5.73 Å². The Labute approximate surface area is 101 Å². The van der Waals surface area contributed by atoms with E-state index in [9.17, 15) is 0 Å². The molecule has 2 aromatic rings. The average molecular weight is 286 g/mol. The van der Waals surface area contributed by atoms with Crippen LogP contribution in [0.1, 0.15) is 5.56 Å². The van der Waals surface area contributed by atoms with Gasteiger partial charge in [0.2, 0.25) is 0 Å². The van der Waals surface area contributed by atoms with Crippen molar-refractivity contribution < 1.29 is 0 Å². The Bertz CT molecular complexity index is 461. The van der Waals surface area contributed by atoms with Gasteiger partial charge in [-0.05, 0) is 35.0 Å². The number of aromatic nitrogens is 2. The number of halogens is 1. The molecule has 2 aromatic heterocycles. The molecule has 0 bridgehead atoms. The number of nitrogens with two attached hydrogens (primary N) is 1. The van der Waals surface area contributed by atoms with Crippen LogP contribution in [0.3, 0.4) is 0 Å². The predicted molar refractivity (Wildman–Crippen MR) is 67.0 cm³/mol. The monoisotopic (exact) mass is 285 g/mol. The molecule has 15 heavy (non-hydrogen) atoms. The van der Waals surface area contributed by atoms with Gasteiger partial charge in [0.15, 0.2) is 0 Å². The highest BCUT2D eigenvalue weighted by molar-refractivity contribution is 9.10. The molecule has 0 unspecified atom stereocenters. The van der Waals surface area contributed by atoms with Gasteiger partial charge in [0.05, 0.1) is 4.88 Å². The Hall–Kier alpha value is -0.650.